The molecule has 0 fully saturated rings. The number of carboxylic acid groups (broad SMARTS) is 1. The predicted molar refractivity (Wildman–Crippen MR) is 112 cm³/mol. The molecule has 1 N–H and O–H groups in total. The first-order valence-corrected chi connectivity index (χ1v) is 9.64. The van der Waals surface area contributed by atoms with Crippen molar-refractivity contribution in [2.24, 2.45) is 0 Å². The molecule has 144 valence electrons. The number of hydrogen-bond donors (Lipinski definition) is 1. The molecule has 0 saturated carbocycles. The van der Waals surface area contributed by atoms with Gasteiger partial charge in [-0.2, -0.15) is 0 Å². The maximum Gasteiger partial charge on any atom is 0.331 e. The van der Waals surface area contributed by atoms with Crippen LogP contribution in [0, 0.1) is 0 Å². The number of hydrogen-bond acceptors (Lipinski definition) is 4. The molecule has 1 aliphatic rings. The molecule has 0 unspecified atom stereocenters. The Balaban J connectivity index is 1.76. The average Bonchev–Trinajstić information content (AvgIpc) is 3.38. The van der Waals surface area contributed by atoms with Gasteiger partial charge in [-0.3, -0.25) is 0 Å². The summed E-state index contributed by atoms with van der Waals surface area (Å²) >= 11 is 12.7. The van der Waals surface area contributed by atoms with E-state index in [4.69, 9.17) is 28.2 Å². The largest absolute Gasteiger partial charge is 0.479 e. The van der Waals surface area contributed by atoms with E-state index in [0.717, 1.165) is 22.2 Å². The Kier molecular flexibility index (Phi) is 4.19. The first-order valence-electron chi connectivity index (χ1n) is 8.89. The summed E-state index contributed by atoms with van der Waals surface area (Å²) in [6.07, 6.45) is 5.16. The molecule has 29 heavy (non-hydrogen) atoms. The summed E-state index contributed by atoms with van der Waals surface area (Å²) in [5, 5.41) is 11.4. The second-order valence-corrected chi connectivity index (χ2v) is 7.58. The molecular formula is C21H14Cl2N4O2. The summed E-state index contributed by atoms with van der Waals surface area (Å²) in [5.74, 6) is -0.424. The van der Waals surface area contributed by atoms with Crippen LogP contribution in [0.2, 0.25) is 10.0 Å². The normalized spacial score (nSPS) is 15.7. The van der Waals surface area contributed by atoms with E-state index in [0.29, 0.717) is 27.9 Å². The molecule has 1 atom stereocenters. The van der Waals surface area contributed by atoms with Crippen molar-refractivity contribution in [1.29, 1.82) is 0 Å². The highest BCUT2D eigenvalue weighted by atomic mass is 35.5. The van der Waals surface area contributed by atoms with Gasteiger partial charge in [-0.1, -0.05) is 47.5 Å². The highest BCUT2D eigenvalue weighted by Crippen LogP contribution is 2.40. The molecule has 0 bridgehead atoms. The number of nitrogens with zero attached hydrogens (tertiary/aromatic N) is 4. The topological polar surface area (TPSA) is 71.2 Å². The third-order valence-electron chi connectivity index (χ3n) is 5.15. The van der Waals surface area contributed by atoms with Crippen molar-refractivity contribution >= 4 is 45.9 Å². The van der Waals surface area contributed by atoms with Crippen LogP contribution in [0.3, 0.4) is 0 Å². The summed E-state index contributed by atoms with van der Waals surface area (Å²) in [5.41, 5.74) is 3.04. The van der Waals surface area contributed by atoms with Crippen LogP contribution in [0.15, 0.2) is 61.2 Å². The number of benzene rings is 2. The molecule has 0 aliphatic carbocycles. The van der Waals surface area contributed by atoms with E-state index in [2.05, 4.69) is 4.98 Å². The van der Waals surface area contributed by atoms with Gasteiger partial charge in [0.05, 0.1) is 27.6 Å². The Labute approximate surface area is 175 Å². The van der Waals surface area contributed by atoms with Crippen LogP contribution in [0.4, 0.5) is 5.82 Å². The van der Waals surface area contributed by atoms with Gasteiger partial charge in [0.1, 0.15) is 5.82 Å². The SMILES string of the molecule is O=C(O)[C@@H]1c2ccccc2CN1c1cc(-n2ccnc2)c2ccc(Cl)c(Cl)c2n1. The zero-order valence-corrected chi connectivity index (χ0v) is 16.5. The summed E-state index contributed by atoms with van der Waals surface area (Å²) in [4.78, 5) is 22.7. The second-order valence-electron chi connectivity index (χ2n) is 6.79. The first-order chi connectivity index (χ1) is 14.0. The van der Waals surface area contributed by atoms with Gasteiger partial charge in [0.15, 0.2) is 6.04 Å². The predicted octanol–water partition coefficient (Wildman–Crippen LogP) is 4.87. The summed E-state index contributed by atoms with van der Waals surface area (Å²) < 4.78 is 1.84. The van der Waals surface area contributed by atoms with Crippen LogP contribution < -0.4 is 4.90 Å². The lowest BCUT2D eigenvalue weighted by Crippen LogP contribution is -2.28. The molecule has 0 amide bonds. The Hall–Kier alpha value is -3.09. The van der Waals surface area contributed by atoms with Crippen LogP contribution in [0.25, 0.3) is 16.6 Å². The fourth-order valence-corrected chi connectivity index (χ4v) is 4.19. The monoisotopic (exact) mass is 424 g/mol. The van der Waals surface area contributed by atoms with Gasteiger partial charge in [-0.15, -0.1) is 0 Å². The molecule has 6 nitrogen and oxygen atoms in total. The second kappa shape index (κ2) is 6.76. The van der Waals surface area contributed by atoms with Crippen LogP contribution in [0.1, 0.15) is 17.2 Å². The van der Waals surface area contributed by atoms with Crippen LogP contribution in [0.5, 0.6) is 0 Å². The molecular weight excluding hydrogens is 411 g/mol. The van der Waals surface area contributed by atoms with E-state index in [-0.39, 0.29) is 0 Å². The lowest BCUT2D eigenvalue weighted by Gasteiger charge is -2.24. The lowest BCUT2D eigenvalue weighted by molar-refractivity contribution is -0.138. The summed E-state index contributed by atoms with van der Waals surface area (Å²) in [6, 6.07) is 12.1. The highest BCUT2D eigenvalue weighted by molar-refractivity contribution is 6.45. The number of carbonyl (C=O) groups is 1. The first kappa shape index (κ1) is 18.0. The van der Waals surface area contributed by atoms with Crippen LogP contribution in [-0.4, -0.2) is 25.6 Å². The average molecular weight is 425 g/mol. The van der Waals surface area contributed by atoms with E-state index in [1.807, 2.05) is 47.2 Å². The van der Waals surface area contributed by atoms with Crippen molar-refractivity contribution in [3.8, 4) is 5.69 Å². The maximum atomic E-state index is 12.1. The molecule has 5 rings (SSSR count). The molecule has 3 heterocycles. The molecule has 0 radical (unpaired) electrons. The fraction of sp³-hybridized carbons (Fsp3) is 0.0952. The highest BCUT2D eigenvalue weighted by Gasteiger charge is 2.36. The Morgan fingerprint density at radius 2 is 2.00 bits per heavy atom. The van der Waals surface area contributed by atoms with Crippen LogP contribution >= 0.6 is 23.2 Å². The Bertz CT molecular complexity index is 1260. The Morgan fingerprint density at radius 3 is 2.76 bits per heavy atom. The number of halogens is 2. The maximum absolute atomic E-state index is 12.1. The quantitative estimate of drug-likeness (QED) is 0.507. The van der Waals surface area contributed by atoms with E-state index in [9.17, 15) is 9.90 Å². The smallest absolute Gasteiger partial charge is 0.331 e. The fourth-order valence-electron chi connectivity index (χ4n) is 3.83. The van der Waals surface area contributed by atoms with Crippen molar-refractivity contribution in [3.05, 3.63) is 82.4 Å². The molecule has 4 aromatic rings. The van der Waals surface area contributed by atoms with E-state index in [1.165, 1.54) is 0 Å². The number of aromatic nitrogens is 3. The molecule has 2 aromatic heterocycles. The van der Waals surface area contributed by atoms with Crippen LogP contribution in [-0.2, 0) is 11.3 Å². The van der Waals surface area contributed by atoms with Gasteiger partial charge in [0.25, 0.3) is 0 Å². The molecule has 2 aromatic carbocycles. The van der Waals surface area contributed by atoms with Gasteiger partial charge in [-0.25, -0.2) is 14.8 Å². The summed E-state index contributed by atoms with van der Waals surface area (Å²) in [7, 11) is 0. The van der Waals surface area contributed by atoms with E-state index in [1.54, 1.807) is 23.5 Å². The minimum Gasteiger partial charge on any atom is -0.479 e. The van der Waals surface area contributed by atoms with Gasteiger partial charge < -0.3 is 14.6 Å². The molecule has 0 spiro atoms. The minimum absolute atomic E-state index is 0.330. The standard InChI is InChI=1S/C21H14Cl2N4O2/c22-15-6-5-14-16(26-8-7-24-11-26)9-17(25-19(14)18(15)23)27-10-12-3-1-2-4-13(12)20(27)21(28)29/h1-9,11,20H,10H2,(H,28,29)/t20-/m0/s1. The van der Waals surface area contributed by atoms with Crippen molar-refractivity contribution in [2.45, 2.75) is 12.6 Å². The third kappa shape index (κ3) is 2.84. The number of anilines is 1. The molecule has 0 saturated heterocycles. The third-order valence-corrected chi connectivity index (χ3v) is 5.94. The van der Waals surface area contributed by atoms with Crippen molar-refractivity contribution < 1.29 is 9.90 Å². The zero-order valence-electron chi connectivity index (χ0n) is 15.0. The number of imidazole rings is 1. The molecule has 1 aliphatic heterocycles. The number of carboxylic acids is 1. The van der Waals surface area contributed by atoms with Gasteiger partial charge in [0, 0.05) is 30.4 Å². The van der Waals surface area contributed by atoms with Gasteiger partial charge >= 0.3 is 5.97 Å². The van der Waals surface area contributed by atoms with Gasteiger partial charge in [-0.05, 0) is 23.3 Å². The van der Waals surface area contributed by atoms with Gasteiger partial charge in [0.2, 0.25) is 0 Å². The lowest BCUT2D eigenvalue weighted by atomic mass is 10.1. The van der Waals surface area contributed by atoms with Crippen molar-refractivity contribution in [2.75, 3.05) is 4.90 Å². The zero-order chi connectivity index (χ0) is 20.1. The number of aliphatic carboxylic acids is 1. The number of fused-ring (bicyclic) bond motifs is 2. The minimum atomic E-state index is -0.932. The van der Waals surface area contributed by atoms with Crippen molar-refractivity contribution in [1.82, 2.24) is 14.5 Å². The van der Waals surface area contributed by atoms with E-state index < -0.39 is 12.0 Å². The number of rotatable bonds is 3. The molecule has 8 heteroatoms. The Morgan fingerprint density at radius 1 is 1.17 bits per heavy atom. The van der Waals surface area contributed by atoms with E-state index >= 15 is 0 Å². The number of pyridine rings is 1. The summed E-state index contributed by atoms with van der Waals surface area (Å²) in [6.45, 7) is 0.438. The van der Waals surface area contributed by atoms with Crippen molar-refractivity contribution in [3.63, 3.8) is 0 Å².